The molecule has 2 rings (SSSR count). The second-order valence-corrected chi connectivity index (χ2v) is 4.87. The van der Waals surface area contributed by atoms with Crippen molar-refractivity contribution in [2.75, 3.05) is 0 Å². The maximum Gasteiger partial charge on any atom is 0.272 e. The van der Waals surface area contributed by atoms with E-state index in [4.69, 9.17) is 0 Å². The number of rotatable bonds is 2. The van der Waals surface area contributed by atoms with Crippen molar-refractivity contribution in [1.82, 2.24) is 14.7 Å². The Labute approximate surface area is 103 Å². The van der Waals surface area contributed by atoms with Crippen LogP contribution in [0.4, 0.5) is 0 Å². The predicted molar refractivity (Wildman–Crippen MR) is 66.8 cm³/mol. The average molecular weight is 235 g/mol. The number of nitrogens with zero attached hydrogens (tertiary/aromatic N) is 3. The van der Waals surface area contributed by atoms with Crippen LogP contribution in [-0.4, -0.2) is 32.7 Å². The van der Waals surface area contributed by atoms with E-state index in [9.17, 15) is 4.79 Å². The second-order valence-electron chi connectivity index (χ2n) is 4.87. The van der Waals surface area contributed by atoms with E-state index in [2.05, 4.69) is 18.9 Å². The molecule has 94 valence electrons. The molecular formula is C13H21N3O. The summed E-state index contributed by atoms with van der Waals surface area (Å²) in [4.78, 5) is 14.5. The zero-order chi connectivity index (χ0) is 12.4. The third-order valence-electron chi connectivity index (χ3n) is 3.66. The van der Waals surface area contributed by atoms with Crippen molar-refractivity contribution in [3.63, 3.8) is 0 Å². The molecule has 0 radical (unpaired) electrons. The summed E-state index contributed by atoms with van der Waals surface area (Å²) in [5.41, 5.74) is 0.716. The second kappa shape index (κ2) is 4.90. The van der Waals surface area contributed by atoms with E-state index < -0.39 is 0 Å². The smallest absolute Gasteiger partial charge is 0.272 e. The normalized spacial score (nSPS) is 25.0. The first-order valence-corrected chi connectivity index (χ1v) is 6.49. The minimum Gasteiger partial charge on any atom is -0.332 e. The SMILES string of the molecule is CCn1nccc1C(=O)N1[C@H](C)CCC[C@@H]1C. The summed E-state index contributed by atoms with van der Waals surface area (Å²) in [6.45, 7) is 7.03. The van der Waals surface area contributed by atoms with Crippen molar-refractivity contribution < 1.29 is 4.79 Å². The highest BCUT2D eigenvalue weighted by Gasteiger charge is 2.30. The van der Waals surface area contributed by atoms with Crippen molar-refractivity contribution in [2.24, 2.45) is 0 Å². The lowest BCUT2D eigenvalue weighted by Crippen LogP contribution is -2.48. The van der Waals surface area contributed by atoms with E-state index in [0.29, 0.717) is 17.8 Å². The van der Waals surface area contributed by atoms with Crippen LogP contribution in [0.15, 0.2) is 12.3 Å². The molecule has 1 saturated heterocycles. The number of carbonyl (C=O) groups is 1. The Morgan fingerprint density at radius 3 is 2.65 bits per heavy atom. The van der Waals surface area contributed by atoms with Gasteiger partial charge in [-0.2, -0.15) is 5.10 Å². The van der Waals surface area contributed by atoms with E-state index >= 15 is 0 Å². The first-order chi connectivity index (χ1) is 8.15. The number of amides is 1. The van der Waals surface area contributed by atoms with Gasteiger partial charge in [0.05, 0.1) is 0 Å². The fraction of sp³-hybridized carbons (Fsp3) is 0.692. The molecule has 1 aromatic rings. The highest BCUT2D eigenvalue weighted by Crippen LogP contribution is 2.24. The van der Waals surface area contributed by atoms with Gasteiger partial charge in [0, 0.05) is 24.8 Å². The molecule has 1 aliphatic rings. The third kappa shape index (κ3) is 2.21. The van der Waals surface area contributed by atoms with Crippen LogP contribution in [0.5, 0.6) is 0 Å². The number of piperidine rings is 1. The van der Waals surface area contributed by atoms with Crippen LogP contribution >= 0.6 is 0 Å². The molecule has 4 nitrogen and oxygen atoms in total. The Morgan fingerprint density at radius 2 is 2.06 bits per heavy atom. The highest BCUT2D eigenvalue weighted by atomic mass is 16.2. The summed E-state index contributed by atoms with van der Waals surface area (Å²) in [7, 11) is 0. The molecule has 1 amide bonds. The number of aromatic nitrogens is 2. The van der Waals surface area contributed by atoms with Gasteiger partial charge < -0.3 is 4.90 Å². The molecule has 0 spiro atoms. The lowest BCUT2D eigenvalue weighted by molar-refractivity contribution is 0.0498. The van der Waals surface area contributed by atoms with Crippen molar-refractivity contribution in [1.29, 1.82) is 0 Å². The Kier molecular flexibility index (Phi) is 3.50. The Morgan fingerprint density at radius 1 is 1.41 bits per heavy atom. The first-order valence-electron chi connectivity index (χ1n) is 6.49. The van der Waals surface area contributed by atoms with Crippen LogP contribution in [0.3, 0.4) is 0 Å². The molecule has 0 aromatic carbocycles. The van der Waals surface area contributed by atoms with E-state index in [1.54, 1.807) is 10.9 Å². The third-order valence-corrected chi connectivity index (χ3v) is 3.66. The molecule has 0 unspecified atom stereocenters. The Bertz CT molecular complexity index is 389. The summed E-state index contributed by atoms with van der Waals surface area (Å²) >= 11 is 0. The fourth-order valence-corrected chi connectivity index (χ4v) is 2.72. The van der Waals surface area contributed by atoms with Gasteiger partial charge in [-0.05, 0) is 46.1 Å². The molecule has 1 aliphatic heterocycles. The molecular weight excluding hydrogens is 214 g/mol. The average Bonchev–Trinajstić information content (AvgIpc) is 2.76. The van der Waals surface area contributed by atoms with Gasteiger partial charge in [0.25, 0.3) is 5.91 Å². The zero-order valence-electron chi connectivity index (χ0n) is 10.9. The van der Waals surface area contributed by atoms with Gasteiger partial charge in [0.2, 0.25) is 0 Å². The maximum atomic E-state index is 12.5. The minimum atomic E-state index is 0.129. The van der Waals surface area contributed by atoms with E-state index in [1.165, 1.54) is 6.42 Å². The number of hydrogen-bond donors (Lipinski definition) is 0. The van der Waals surface area contributed by atoms with Gasteiger partial charge in [-0.25, -0.2) is 0 Å². The van der Waals surface area contributed by atoms with Crippen molar-refractivity contribution in [3.05, 3.63) is 18.0 Å². The lowest BCUT2D eigenvalue weighted by Gasteiger charge is -2.39. The van der Waals surface area contributed by atoms with Gasteiger partial charge >= 0.3 is 0 Å². The van der Waals surface area contributed by atoms with E-state index in [0.717, 1.165) is 19.4 Å². The molecule has 0 aliphatic carbocycles. The van der Waals surface area contributed by atoms with Crippen molar-refractivity contribution in [3.8, 4) is 0 Å². The molecule has 1 aromatic heterocycles. The predicted octanol–water partition coefficient (Wildman–Crippen LogP) is 2.31. The van der Waals surface area contributed by atoms with Crippen LogP contribution in [-0.2, 0) is 6.54 Å². The highest BCUT2D eigenvalue weighted by molar-refractivity contribution is 5.93. The van der Waals surface area contributed by atoms with Crippen LogP contribution in [0.2, 0.25) is 0 Å². The Hall–Kier alpha value is -1.32. The number of hydrogen-bond acceptors (Lipinski definition) is 2. The fourth-order valence-electron chi connectivity index (χ4n) is 2.72. The topological polar surface area (TPSA) is 38.1 Å². The first kappa shape index (κ1) is 12.1. The largest absolute Gasteiger partial charge is 0.332 e. The molecule has 0 bridgehead atoms. The molecule has 0 saturated carbocycles. The van der Waals surface area contributed by atoms with Gasteiger partial charge in [-0.1, -0.05) is 0 Å². The van der Waals surface area contributed by atoms with Gasteiger partial charge in [-0.3, -0.25) is 9.48 Å². The van der Waals surface area contributed by atoms with Crippen LogP contribution in [0, 0.1) is 0 Å². The molecule has 1 fully saturated rings. The minimum absolute atomic E-state index is 0.129. The zero-order valence-corrected chi connectivity index (χ0v) is 10.9. The van der Waals surface area contributed by atoms with Gasteiger partial charge in [0.1, 0.15) is 5.69 Å². The van der Waals surface area contributed by atoms with E-state index in [-0.39, 0.29) is 5.91 Å². The summed E-state index contributed by atoms with van der Waals surface area (Å²) in [6, 6.07) is 2.50. The number of aryl methyl sites for hydroxylation is 1. The number of likely N-dealkylation sites (tertiary alicyclic amines) is 1. The van der Waals surface area contributed by atoms with Gasteiger partial charge in [-0.15, -0.1) is 0 Å². The molecule has 4 heteroatoms. The molecule has 0 N–H and O–H groups in total. The van der Waals surface area contributed by atoms with Crippen LogP contribution < -0.4 is 0 Å². The lowest BCUT2D eigenvalue weighted by atomic mass is 9.97. The summed E-state index contributed by atoms with van der Waals surface area (Å²) < 4.78 is 1.77. The standard InChI is InChI=1S/C13H21N3O/c1-4-15-12(8-9-14-15)13(17)16-10(2)6-5-7-11(16)3/h8-11H,4-7H2,1-3H3/t10-,11+. The Balaban J connectivity index is 2.24. The number of carbonyl (C=O) groups excluding carboxylic acids is 1. The van der Waals surface area contributed by atoms with Crippen LogP contribution in [0.25, 0.3) is 0 Å². The summed E-state index contributed by atoms with van der Waals surface area (Å²) in [5, 5.41) is 4.17. The van der Waals surface area contributed by atoms with Gasteiger partial charge in [0.15, 0.2) is 0 Å². The molecule has 2 heterocycles. The monoisotopic (exact) mass is 235 g/mol. The quantitative estimate of drug-likeness (QED) is 0.789. The van der Waals surface area contributed by atoms with E-state index in [1.807, 2.05) is 17.9 Å². The maximum absolute atomic E-state index is 12.5. The van der Waals surface area contributed by atoms with Crippen LogP contribution in [0.1, 0.15) is 50.5 Å². The summed E-state index contributed by atoms with van der Waals surface area (Å²) in [5.74, 6) is 0.129. The molecule has 2 atom stereocenters. The van der Waals surface area contributed by atoms with Crippen molar-refractivity contribution in [2.45, 2.75) is 58.7 Å². The van der Waals surface area contributed by atoms with Crippen molar-refractivity contribution >= 4 is 5.91 Å². The summed E-state index contributed by atoms with van der Waals surface area (Å²) in [6.07, 6.45) is 5.14. The molecule has 17 heavy (non-hydrogen) atoms.